The van der Waals surface area contributed by atoms with Crippen LogP contribution in [-0.2, 0) is 12.8 Å². The minimum Gasteiger partial charge on any atom is -0.337 e. The summed E-state index contributed by atoms with van der Waals surface area (Å²) in [6.45, 7) is 3.22. The lowest BCUT2D eigenvalue weighted by Gasteiger charge is -2.22. The van der Waals surface area contributed by atoms with Crippen molar-refractivity contribution in [3.8, 4) is 0 Å². The molecule has 0 aliphatic carbocycles. The number of carbonyl (C=O) groups excluding carboxylic acids is 1. The molecular weight excluding hydrogens is 390 g/mol. The Bertz CT molecular complexity index is 803. The Balaban J connectivity index is 1.73. The summed E-state index contributed by atoms with van der Waals surface area (Å²) < 4.78 is 0.743. The number of nitrogens with one attached hydrogen (secondary N) is 1. The van der Waals surface area contributed by atoms with Crippen LogP contribution in [0.15, 0.2) is 65.1 Å². The number of nitrogens with zero attached hydrogens (tertiary/aromatic N) is 2. The van der Waals surface area contributed by atoms with Crippen LogP contribution in [0.3, 0.4) is 0 Å². The van der Waals surface area contributed by atoms with Gasteiger partial charge in [0.1, 0.15) is 0 Å². The summed E-state index contributed by atoms with van der Waals surface area (Å²) in [7, 11) is 0. The van der Waals surface area contributed by atoms with Gasteiger partial charge in [0, 0.05) is 18.8 Å². The minimum atomic E-state index is -0.0481. The SMILES string of the molecule is Cc1[nH]nc(C(=O)N(CCc2ccccc2)CCc2ccccc2)c1Br. The van der Waals surface area contributed by atoms with Crippen LogP contribution in [0.4, 0.5) is 0 Å². The zero-order chi connectivity index (χ0) is 18.4. The van der Waals surface area contributed by atoms with Gasteiger partial charge in [0.25, 0.3) is 5.91 Å². The summed E-state index contributed by atoms with van der Waals surface area (Å²) in [5.74, 6) is -0.0481. The molecule has 0 fully saturated rings. The maximum Gasteiger partial charge on any atom is 0.275 e. The lowest BCUT2D eigenvalue weighted by Crippen LogP contribution is -2.35. The van der Waals surface area contributed by atoms with Crippen molar-refractivity contribution in [3.05, 3.63) is 87.7 Å². The van der Waals surface area contributed by atoms with Gasteiger partial charge < -0.3 is 4.90 Å². The summed E-state index contributed by atoms with van der Waals surface area (Å²) in [6.07, 6.45) is 1.64. The molecule has 1 amide bonds. The maximum absolute atomic E-state index is 13.0. The van der Waals surface area contributed by atoms with Crippen molar-refractivity contribution < 1.29 is 4.79 Å². The van der Waals surface area contributed by atoms with Crippen LogP contribution >= 0.6 is 15.9 Å². The van der Waals surface area contributed by atoms with Crippen molar-refractivity contribution in [1.29, 1.82) is 0 Å². The van der Waals surface area contributed by atoms with Crippen LogP contribution in [-0.4, -0.2) is 34.1 Å². The van der Waals surface area contributed by atoms with Gasteiger partial charge in [-0.3, -0.25) is 9.89 Å². The van der Waals surface area contributed by atoms with Crippen molar-refractivity contribution in [2.24, 2.45) is 0 Å². The normalized spacial score (nSPS) is 10.7. The van der Waals surface area contributed by atoms with Crippen LogP contribution < -0.4 is 0 Å². The molecule has 5 heteroatoms. The molecule has 4 nitrogen and oxygen atoms in total. The summed E-state index contributed by atoms with van der Waals surface area (Å²) in [5, 5.41) is 7.06. The van der Waals surface area contributed by atoms with Gasteiger partial charge in [-0.05, 0) is 46.8 Å². The van der Waals surface area contributed by atoms with Crippen molar-refractivity contribution in [2.45, 2.75) is 19.8 Å². The molecule has 0 saturated heterocycles. The van der Waals surface area contributed by atoms with Crippen LogP contribution in [0.1, 0.15) is 27.3 Å². The van der Waals surface area contributed by atoms with E-state index in [1.54, 1.807) is 0 Å². The molecule has 3 rings (SSSR count). The van der Waals surface area contributed by atoms with E-state index in [9.17, 15) is 4.79 Å². The lowest BCUT2D eigenvalue weighted by molar-refractivity contribution is 0.0752. The Morgan fingerprint density at radius 3 is 1.88 bits per heavy atom. The molecule has 3 aromatic rings. The van der Waals surface area contributed by atoms with Gasteiger partial charge in [-0.1, -0.05) is 60.7 Å². The molecule has 26 heavy (non-hydrogen) atoms. The number of amides is 1. The third-order valence-corrected chi connectivity index (χ3v) is 5.36. The van der Waals surface area contributed by atoms with Crippen molar-refractivity contribution in [3.63, 3.8) is 0 Å². The number of H-pyrrole nitrogens is 1. The molecule has 1 N–H and O–H groups in total. The minimum absolute atomic E-state index is 0.0481. The number of halogens is 1. The molecule has 1 heterocycles. The molecule has 0 bridgehead atoms. The summed E-state index contributed by atoms with van der Waals surface area (Å²) >= 11 is 3.47. The van der Waals surface area contributed by atoms with Gasteiger partial charge >= 0.3 is 0 Å². The fraction of sp³-hybridized carbons (Fsp3) is 0.238. The lowest BCUT2D eigenvalue weighted by atomic mass is 10.1. The molecule has 0 aliphatic rings. The van der Waals surface area contributed by atoms with E-state index in [0.29, 0.717) is 18.8 Å². The number of rotatable bonds is 7. The summed E-state index contributed by atoms with van der Waals surface area (Å²) in [5.41, 5.74) is 3.76. The maximum atomic E-state index is 13.0. The highest BCUT2D eigenvalue weighted by Gasteiger charge is 2.22. The predicted octanol–water partition coefficient (Wildman–Crippen LogP) is 4.41. The van der Waals surface area contributed by atoms with E-state index in [2.05, 4.69) is 50.4 Å². The first kappa shape index (κ1) is 18.4. The topological polar surface area (TPSA) is 49.0 Å². The van der Waals surface area contributed by atoms with Crippen molar-refractivity contribution in [1.82, 2.24) is 15.1 Å². The molecule has 1 aromatic heterocycles. The van der Waals surface area contributed by atoms with E-state index < -0.39 is 0 Å². The van der Waals surface area contributed by atoms with Gasteiger partial charge in [0.2, 0.25) is 0 Å². The second kappa shape index (κ2) is 8.81. The molecule has 0 aliphatic heterocycles. The standard InChI is InChI=1S/C21H22BrN3O/c1-16-19(22)20(24-23-16)21(26)25(14-12-17-8-4-2-5-9-17)15-13-18-10-6-3-7-11-18/h2-11H,12-15H2,1H3,(H,23,24). The van der Waals surface area contributed by atoms with Gasteiger partial charge in [-0.15, -0.1) is 0 Å². The van der Waals surface area contributed by atoms with Crippen LogP contribution in [0.5, 0.6) is 0 Å². The number of carbonyl (C=O) groups is 1. The van der Waals surface area contributed by atoms with E-state index in [4.69, 9.17) is 0 Å². The third kappa shape index (κ3) is 4.61. The number of aryl methyl sites for hydroxylation is 1. The number of hydrogen-bond acceptors (Lipinski definition) is 2. The summed E-state index contributed by atoms with van der Waals surface area (Å²) in [4.78, 5) is 14.9. The molecule has 0 spiro atoms. The van der Waals surface area contributed by atoms with E-state index in [0.717, 1.165) is 23.0 Å². The Morgan fingerprint density at radius 1 is 0.962 bits per heavy atom. The fourth-order valence-electron chi connectivity index (χ4n) is 2.84. The van der Waals surface area contributed by atoms with Crippen LogP contribution in [0, 0.1) is 6.92 Å². The Morgan fingerprint density at radius 2 is 1.46 bits per heavy atom. The van der Waals surface area contributed by atoms with E-state index in [1.165, 1.54) is 11.1 Å². The van der Waals surface area contributed by atoms with Gasteiger partial charge in [0.05, 0.1) is 4.47 Å². The smallest absolute Gasteiger partial charge is 0.275 e. The third-order valence-electron chi connectivity index (χ3n) is 4.39. The molecule has 0 unspecified atom stereocenters. The highest BCUT2D eigenvalue weighted by molar-refractivity contribution is 9.10. The Labute approximate surface area is 162 Å². The van der Waals surface area contributed by atoms with E-state index in [-0.39, 0.29) is 5.91 Å². The quantitative estimate of drug-likeness (QED) is 0.625. The van der Waals surface area contributed by atoms with Crippen LogP contribution in [0.2, 0.25) is 0 Å². The highest BCUT2D eigenvalue weighted by atomic mass is 79.9. The molecule has 0 atom stereocenters. The molecule has 2 aromatic carbocycles. The first-order valence-corrected chi connectivity index (χ1v) is 9.52. The predicted molar refractivity (Wildman–Crippen MR) is 107 cm³/mol. The number of aromatic amines is 1. The van der Waals surface area contributed by atoms with Crippen molar-refractivity contribution in [2.75, 3.05) is 13.1 Å². The Kier molecular flexibility index (Phi) is 6.23. The second-order valence-corrected chi connectivity index (χ2v) is 7.07. The largest absolute Gasteiger partial charge is 0.337 e. The highest BCUT2D eigenvalue weighted by Crippen LogP contribution is 2.20. The van der Waals surface area contributed by atoms with Crippen LogP contribution in [0.25, 0.3) is 0 Å². The average Bonchev–Trinajstić information content (AvgIpc) is 3.02. The van der Waals surface area contributed by atoms with Gasteiger partial charge in [0.15, 0.2) is 5.69 Å². The molecule has 0 radical (unpaired) electrons. The second-order valence-electron chi connectivity index (χ2n) is 6.27. The average molecular weight is 412 g/mol. The van der Waals surface area contributed by atoms with E-state index >= 15 is 0 Å². The summed E-state index contributed by atoms with van der Waals surface area (Å²) in [6, 6.07) is 20.5. The number of hydrogen-bond donors (Lipinski definition) is 1. The fourth-order valence-corrected chi connectivity index (χ4v) is 3.19. The molecule has 134 valence electrons. The number of benzene rings is 2. The zero-order valence-electron chi connectivity index (χ0n) is 14.8. The van der Waals surface area contributed by atoms with Gasteiger partial charge in [-0.2, -0.15) is 5.10 Å². The first-order chi connectivity index (χ1) is 12.6. The van der Waals surface area contributed by atoms with E-state index in [1.807, 2.05) is 48.2 Å². The van der Waals surface area contributed by atoms with Crippen molar-refractivity contribution >= 4 is 21.8 Å². The molecular formula is C21H22BrN3O. The zero-order valence-corrected chi connectivity index (χ0v) is 16.4. The number of aromatic nitrogens is 2. The Hall–Kier alpha value is -2.40. The molecule has 0 saturated carbocycles. The van der Waals surface area contributed by atoms with Gasteiger partial charge in [-0.25, -0.2) is 0 Å². The monoisotopic (exact) mass is 411 g/mol. The first-order valence-electron chi connectivity index (χ1n) is 8.72.